The molecule has 0 aliphatic carbocycles. The molecule has 6 nitrogen and oxygen atoms in total. The van der Waals surface area contributed by atoms with Gasteiger partial charge in [-0.15, -0.1) is 11.3 Å². The van der Waals surface area contributed by atoms with Crippen LogP contribution in [0.4, 0.5) is 5.82 Å². The van der Waals surface area contributed by atoms with Gasteiger partial charge in [0.2, 0.25) is 10.0 Å². The summed E-state index contributed by atoms with van der Waals surface area (Å²) >= 11 is 1.43. The minimum Gasteiger partial charge on any atom is -0.373 e. The lowest BCUT2D eigenvalue weighted by molar-refractivity contribution is 0.580. The first kappa shape index (κ1) is 13.9. The van der Waals surface area contributed by atoms with Crippen LogP contribution in [0.25, 0.3) is 0 Å². The molecule has 2 rings (SSSR count). The number of pyridine rings is 1. The molecule has 0 unspecified atom stereocenters. The maximum Gasteiger partial charge on any atom is 0.242 e. The first-order valence-corrected chi connectivity index (χ1v) is 7.92. The van der Waals surface area contributed by atoms with Crippen molar-refractivity contribution in [2.24, 2.45) is 0 Å². The molecule has 2 aromatic heterocycles. The zero-order valence-corrected chi connectivity index (χ0v) is 12.2. The Labute approximate surface area is 116 Å². The fourth-order valence-electron chi connectivity index (χ4n) is 1.41. The largest absolute Gasteiger partial charge is 0.373 e. The molecule has 0 aliphatic rings. The second-order valence-electron chi connectivity index (χ2n) is 3.84. The minimum absolute atomic E-state index is 0.139. The van der Waals surface area contributed by atoms with Gasteiger partial charge in [0.05, 0.1) is 6.54 Å². The average Bonchev–Trinajstić information content (AvgIpc) is 2.82. The van der Waals surface area contributed by atoms with Crippen molar-refractivity contribution in [3.63, 3.8) is 0 Å². The topological polar surface area (TPSA) is 84.0 Å². The van der Waals surface area contributed by atoms with Crippen LogP contribution < -0.4 is 10.0 Å². The molecule has 0 saturated heterocycles. The van der Waals surface area contributed by atoms with E-state index < -0.39 is 10.0 Å². The van der Waals surface area contributed by atoms with Gasteiger partial charge in [-0.05, 0) is 19.1 Å². The van der Waals surface area contributed by atoms with Crippen molar-refractivity contribution in [2.75, 3.05) is 12.4 Å². The van der Waals surface area contributed by atoms with Gasteiger partial charge in [0, 0.05) is 24.3 Å². The van der Waals surface area contributed by atoms with Crippen molar-refractivity contribution in [1.82, 2.24) is 14.7 Å². The number of rotatable bonds is 5. The van der Waals surface area contributed by atoms with E-state index in [1.165, 1.54) is 23.6 Å². The maximum absolute atomic E-state index is 12.0. The molecule has 0 fully saturated rings. The third kappa shape index (κ3) is 3.49. The van der Waals surface area contributed by atoms with E-state index in [9.17, 15) is 8.42 Å². The molecule has 0 aliphatic heterocycles. The van der Waals surface area contributed by atoms with Crippen LogP contribution in [0.1, 0.15) is 10.7 Å². The Kier molecular flexibility index (Phi) is 4.13. The molecule has 2 N–H and O–H groups in total. The molecule has 0 bridgehead atoms. The van der Waals surface area contributed by atoms with E-state index >= 15 is 0 Å². The van der Waals surface area contributed by atoms with Gasteiger partial charge >= 0.3 is 0 Å². The Morgan fingerprint density at radius 2 is 2.16 bits per heavy atom. The van der Waals surface area contributed by atoms with Gasteiger partial charge in [-0.2, -0.15) is 0 Å². The number of nitrogens with zero attached hydrogens (tertiary/aromatic N) is 2. The van der Waals surface area contributed by atoms with E-state index in [-0.39, 0.29) is 11.4 Å². The van der Waals surface area contributed by atoms with Gasteiger partial charge in [-0.25, -0.2) is 23.1 Å². The Bertz CT molecular complexity index is 650. The van der Waals surface area contributed by atoms with Gasteiger partial charge < -0.3 is 5.32 Å². The van der Waals surface area contributed by atoms with Crippen molar-refractivity contribution in [3.05, 3.63) is 34.4 Å². The summed E-state index contributed by atoms with van der Waals surface area (Å²) in [7, 11) is -1.83. The number of hydrogen-bond donors (Lipinski definition) is 2. The number of aromatic nitrogens is 2. The van der Waals surface area contributed by atoms with Crippen molar-refractivity contribution in [1.29, 1.82) is 0 Å². The van der Waals surface area contributed by atoms with Crippen LogP contribution in [0.15, 0.2) is 28.6 Å². The molecule has 0 saturated carbocycles. The first-order chi connectivity index (χ1) is 9.01. The van der Waals surface area contributed by atoms with Crippen LogP contribution in [0.5, 0.6) is 0 Å². The van der Waals surface area contributed by atoms with Crippen molar-refractivity contribution in [3.8, 4) is 0 Å². The number of sulfonamides is 1. The number of nitrogens with one attached hydrogen (secondary N) is 2. The van der Waals surface area contributed by atoms with E-state index in [2.05, 4.69) is 20.0 Å². The standard InChI is InChI=1S/C11H14N4O2S2/c1-8-7-18-11(15-8)6-14-19(16,17)9-3-4-10(12-2)13-5-9/h3-5,7,14H,6H2,1-2H3,(H,12,13). The third-order valence-electron chi connectivity index (χ3n) is 2.38. The van der Waals surface area contributed by atoms with Crippen molar-refractivity contribution in [2.45, 2.75) is 18.4 Å². The zero-order valence-electron chi connectivity index (χ0n) is 10.5. The average molecular weight is 298 g/mol. The van der Waals surface area contributed by atoms with Crippen LogP contribution in [-0.2, 0) is 16.6 Å². The first-order valence-electron chi connectivity index (χ1n) is 5.56. The fourth-order valence-corrected chi connectivity index (χ4v) is 3.15. The molecule has 8 heteroatoms. The van der Waals surface area contributed by atoms with Crippen LogP contribution in [0.2, 0.25) is 0 Å². The number of hydrogen-bond acceptors (Lipinski definition) is 6. The van der Waals surface area contributed by atoms with E-state index in [0.29, 0.717) is 5.82 Å². The highest BCUT2D eigenvalue weighted by Crippen LogP contribution is 2.12. The summed E-state index contributed by atoms with van der Waals surface area (Å²) in [5, 5.41) is 5.45. The van der Waals surface area contributed by atoms with Crippen LogP contribution in [0.3, 0.4) is 0 Å². The third-order valence-corrected chi connectivity index (χ3v) is 4.74. The quantitative estimate of drug-likeness (QED) is 0.871. The summed E-state index contributed by atoms with van der Waals surface area (Å²) in [5.41, 5.74) is 0.888. The highest BCUT2D eigenvalue weighted by molar-refractivity contribution is 7.89. The molecule has 2 heterocycles. The number of thiazole rings is 1. The number of aryl methyl sites for hydroxylation is 1. The Morgan fingerprint density at radius 1 is 1.37 bits per heavy atom. The summed E-state index contributed by atoms with van der Waals surface area (Å²) in [4.78, 5) is 8.32. The van der Waals surface area contributed by atoms with Gasteiger partial charge in [-0.3, -0.25) is 0 Å². The summed E-state index contributed by atoms with van der Waals surface area (Å²) in [6.45, 7) is 2.06. The Hall–Kier alpha value is -1.51. The maximum atomic E-state index is 12.0. The van der Waals surface area contributed by atoms with E-state index in [4.69, 9.17) is 0 Å². The lowest BCUT2D eigenvalue weighted by Crippen LogP contribution is -2.23. The molecule has 0 amide bonds. The van der Waals surface area contributed by atoms with Crippen LogP contribution in [-0.4, -0.2) is 25.4 Å². The second-order valence-corrected chi connectivity index (χ2v) is 6.55. The summed E-state index contributed by atoms with van der Waals surface area (Å²) in [5.74, 6) is 0.620. The molecule has 0 spiro atoms. The minimum atomic E-state index is -3.55. The highest BCUT2D eigenvalue weighted by Gasteiger charge is 2.14. The molecule has 19 heavy (non-hydrogen) atoms. The lowest BCUT2D eigenvalue weighted by atomic mass is 10.5. The fraction of sp³-hybridized carbons (Fsp3) is 0.273. The molecule has 2 aromatic rings. The normalized spacial score (nSPS) is 11.5. The monoisotopic (exact) mass is 298 g/mol. The zero-order chi connectivity index (χ0) is 13.9. The van der Waals surface area contributed by atoms with E-state index in [0.717, 1.165) is 10.7 Å². The van der Waals surface area contributed by atoms with Crippen LogP contribution in [0, 0.1) is 6.92 Å². The molecule has 102 valence electrons. The van der Waals surface area contributed by atoms with Gasteiger partial charge in [0.1, 0.15) is 15.7 Å². The molecular formula is C11H14N4O2S2. The molecule has 0 radical (unpaired) electrons. The molecule has 0 aromatic carbocycles. The van der Waals surface area contributed by atoms with E-state index in [1.807, 2.05) is 12.3 Å². The highest BCUT2D eigenvalue weighted by atomic mass is 32.2. The second kappa shape index (κ2) is 5.64. The van der Waals surface area contributed by atoms with Gasteiger partial charge in [0.25, 0.3) is 0 Å². The Morgan fingerprint density at radius 3 is 2.68 bits per heavy atom. The summed E-state index contributed by atoms with van der Waals surface area (Å²) < 4.78 is 26.5. The van der Waals surface area contributed by atoms with Gasteiger partial charge in [-0.1, -0.05) is 0 Å². The Balaban J connectivity index is 2.09. The summed E-state index contributed by atoms with van der Waals surface area (Å²) in [6.07, 6.45) is 1.32. The predicted octanol–water partition coefficient (Wildman–Crippen LogP) is 1.37. The smallest absolute Gasteiger partial charge is 0.242 e. The van der Waals surface area contributed by atoms with Crippen molar-refractivity contribution < 1.29 is 8.42 Å². The predicted molar refractivity (Wildman–Crippen MR) is 74.7 cm³/mol. The SMILES string of the molecule is CNc1ccc(S(=O)(=O)NCc2nc(C)cs2)cn1. The molecule has 0 atom stereocenters. The van der Waals surface area contributed by atoms with E-state index in [1.54, 1.807) is 13.1 Å². The lowest BCUT2D eigenvalue weighted by Gasteiger charge is -2.05. The number of anilines is 1. The summed E-state index contributed by atoms with van der Waals surface area (Å²) in [6, 6.07) is 3.12. The molecular weight excluding hydrogens is 284 g/mol. The van der Waals surface area contributed by atoms with Crippen molar-refractivity contribution >= 4 is 27.2 Å². The van der Waals surface area contributed by atoms with Crippen LogP contribution >= 0.6 is 11.3 Å². The van der Waals surface area contributed by atoms with Gasteiger partial charge in [0.15, 0.2) is 0 Å².